The Morgan fingerprint density at radius 2 is 1.74 bits per heavy atom. The maximum atomic E-state index is 14.3. The van der Waals surface area contributed by atoms with Gasteiger partial charge in [0.1, 0.15) is 12.1 Å². The minimum Gasteiger partial charge on any atom is -0.340 e. The Morgan fingerprint density at radius 3 is 2.47 bits per heavy atom. The third kappa shape index (κ3) is 6.44. The van der Waals surface area contributed by atoms with Crippen molar-refractivity contribution in [2.24, 2.45) is 5.92 Å². The van der Waals surface area contributed by atoms with Crippen LogP contribution in [0.15, 0.2) is 54.6 Å². The minimum absolute atomic E-state index is 0.124. The lowest BCUT2D eigenvalue weighted by Crippen LogP contribution is -2.55. The maximum Gasteiger partial charge on any atom is 0.399 e. The van der Waals surface area contributed by atoms with E-state index in [1.807, 2.05) is 30.3 Å². The van der Waals surface area contributed by atoms with E-state index in [1.165, 1.54) is 12.1 Å². The molecule has 0 aliphatic carbocycles. The first-order valence-electron chi connectivity index (χ1n) is 15.7. The summed E-state index contributed by atoms with van der Waals surface area (Å²) in [6, 6.07) is 14.8. The number of likely N-dealkylation sites (tertiary alicyclic amines) is 1. The molecule has 14 heteroatoms. The van der Waals surface area contributed by atoms with E-state index in [-0.39, 0.29) is 46.5 Å². The highest BCUT2D eigenvalue weighted by Crippen LogP contribution is 2.59. The predicted octanol–water partition coefficient (Wildman–Crippen LogP) is 5.32. The van der Waals surface area contributed by atoms with Gasteiger partial charge < -0.3 is 24.9 Å². The molecule has 10 nitrogen and oxygen atoms in total. The van der Waals surface area contributed by atoms with Gasteiger partial charge in [0.15, 0.2) is 0 Å². The Morgan fingerprint density at radius 1 is 1.00 bits per heavy atom. The normalized spacial score (nSPS) is 25.5. The van der Waals surface area contributed by atoms with Gasteiger partial charge in [-0.25, -0.2) is 0 Å². The fourth-order valence-corrected chi connectivity index (χ4v) is 8.61. The third-order valence-electron chi connectivity index (χ3n) is 9.65. The summed E-state index contributed by atoms with van der Waals surface area (Å²) in [5.74, 6) is -1.58. The predicted molar refractivity (Wildman–Crippen MR) is 171 cm³/mol. The molecule has 1 aromatic heterocycles. The van der Waals surface area contributed by atoms with Crippen molar-refractivity contribution in [1.82, 2.24) is 15.1 Å². The van der Waals surface area contributed by atoms with Crippen LogP contribution in [-0.4, -0.2) is 68.5 Å². The van der Waals surface area contributed by atoms with Crippen LogP contribution in [0.3, 0.4) is 0 Å². The molecule has 6 rings (SSSR count). The van der Waals surface area contributed by atoms with Crippen molar-refractivity contribution in [3.05, 3.63) is 70.6 Å². The molecule has 2 aromatic carbocycles. The molecule has 0 bridgehead atoms. The summed E-state index contributed by atoms with van der Waals surface area (Å²) < 4.78 is 40.5. The number of halogens is 2. The number of carbonyl (C=O) groups is 3. The number of carbonyl (C=O) groups excluding carboxylic acids is 3. The summed E-state index contributed by atoms with van der Waals surface area (Å²) in [6.07, 6.45) is 4.71. The van der Waals surface area contributed by atoms with E-state index < -0.39 is 36.8 Å². The lowest BCUT2D eigenvalue weighted by molar-refractivity contribution is -0.146. The van der Waals surface area contributed by atoms with Crippen LogP contribution in [0.2, 0.25) is 0 Å². The second-order valence-corrected chi connectivity index (χ2v) is 15.3. The van der Waals surface area contributed by atoms with Gasteiger partial charge in [-0.05, 0) is 54.8 Å². The van der Waals surface area contributed by atoms with E-state index in [2.05, 4.69) is 11.4 Å². The Hall–Kier alpha value is -3.69. The van der Waals surface area contributed by atoms with Gasteiger partial charge >= 0.3 is 13.3 Å². The SMILES string of the molecule is N#C[C@H]1CN(C(=O)[C@@H]2CC[C@@H]3CCCCC[C@H](NC(=O)c4cc5cc(C(F)(F)P(=O)(O)O)ccc5s4)C(=O)N32)CC1c1ccccc1. The number of alkyl halides is 2. The second-order valence-electron chi connectivity index (χ2n) is 12.6. The highest BCUT2D eigenvalue weighted by molar-refractivity contribution is 7.52. The lowest BCUT2D eigenvalue weighted by Gasteiger charge is -2.34. The second kappa shape index (κ2) is 13.1. The first-order chi connectivity index (χ1) is 22.4. The van der Waals surface area contributed by atoms with Gasteiger partial charge in [-0.2, -0.15) is 14.0 Å². The van der Waals surface area contributed by atoms with Gasteiger partial charge in [0.25, 0.3) is 5.91 Å². The Labute approximate surface area is 274 Å². The van der Waals surface area contributed by atoms with Crippen LogP contribution >= 0.6 is 18.9 Å². The van der Waals surface area contributed by atoms with Crippen molar-refractivity contribution >= 4 is 46.7 Å². The molecule has 3 N–H and O–H groups in total. The largest absolute Gasteiger partial charge is 0.399 e. The number of nitriles is 1. The minimum atomic E-state index is -5.77. The number of nitrogens with zero attached hydrogens (tertiary/aromatic N) is 3. The summed E-state index contributed by atoms with van der Waals surface area (Å²) in [5, 5.41) is 12.9. The summed E-state index contributed by atoms with van der Waals surface area (Å²) in [5.41, 5.74) is -4.25. The van der Waals surface area contributed by atoms with E-state index >= 15 is 0 Å². The maximum absolute atomic E-state index is 14.3. The molecule has 3 fully saturated rings. The van der Waals surface area contributed by atoms with Crippen LogP contribution in [-0.2, 0) is 19.8 Å². The van der Waals surface area contributed by atoms with Crippen LogP contribution in [0.4, 0.5) is 8.78 Å². The third-order valence-corrected chi connectivity index (χ3v) is 11.8. The fraction of sp³-hybridized carbons (Fsp3) is 0.455. The number of amides is 3. The van der Waals surface area contributed by atoms with Crippen molar-refractivity contribution in [3.8, 4) is 6.07 Å². The molecule has 3 aromatic rings. The number of fused-ring (bicyclic) bond motifs is 2. The van der Waals surface area contributed by atoms with Crippen molar-refractivity contribution in [2.75, 3.05) is 13.1 Å². The zero-order chi connectivity index (χ0) is 33.5. The summed E-state index contributed by atoms with van der Waals surface area (Å²) in [4.78, 5) is 63.4. The van der Waals surface area contributed by atoms with Crippen LogP contribution in [0.25, 0.3) is 10.1 Å². The van der Waals surface area contributed by atoms with Crippen LogP contribution in [0.1, 0.15) is 71.7 Å². The number of benzene rings is 2. The monoisotopic (exact) mass is 684 g/mol. The van der Waals surface area contributed by atoms with Gasteiger partial charge in [-0.15, -0.1) is 11.3 Å². The molecular weight excluding hydrogens is 649 g/mol. The molecule has 0 spiro atoms. The van der Waals surface area contributed by atoms with E-state index in [4.69, 9.17) is 9.79 Å². The smallest absolute Gasteiger partial charge is 0.340 e. The molecule has 4 heterocycles. The molecule has 1 unspecified atom stereocenters. The zero-order valence-electron chi connectivity index (χ0n) is 25.4. The van der Waals surface area contributed by atoms with E-state index in [0.29, 0.717) is 36.9 Å². The standard InChI is InChI=1S/C33H35F2N4O6PS/c34-33(35,46(43,44)45)23-11-14-28-21(15-23)16-29(47-28)30(40)37-26-10-6-2-5-9-24-12-13-27(39(24)31(26)41)32(42)38-18-22(17-36)25(19-38)20-7-3-1-4-8-20/h1,3-4,7-8,11,14-16,22,24-27H,2,5-6,9-10,12-13,18-19H2,(H,37,40)(H2,43,44,45)/t22-,24-,25?,26-,27-/m0/s1. The van der Waals surface area contributed by atoms with E-state index in [9.17, 15) is 33.0 Å². The van der Waals surface area contributed by atoms with Gasteiger partial charge in [-0.1, -0.05) is 55.7 Å². The molecule has 0 saturated carbocycles. The summed E-state index contributed by atoms with van der Waals surface area (Å²) in [7, 11) is -5.77. The van der Waals surface area contributed by atoms with Crippen LogP contribution in [0, 0.1) is 17.2 Å². The van der Waals surface area contributed by atoms with Crippen molar-refractivity contribution in [3.63, 3.8) is 0 Å². The Balaban J connectivity index is 1.21. The molecular formula is C33H35F2N4O6PS. The van der Waals surface area contributed by atoms with Gasteiger partial charge in [0, 0.05) is 35.3 Å². The molecule has 5 atom stereocenters. The molecule has 248 valence electrons. The zero-order valence-corrected chi connectivity index (χ0v) is 27.1. The number of rotatable bonds is 6. The molecule has 47 heavy (non-hydrogen) atoms. The highest BCUT2D eigenvalue weighted by atomic mass is 32.1. The lowest BCUT2D eigenvalue weighted by atomic mass is 9.90. The van der Waals surface area contributed by atoms with Crippen LogP contribution in [0.5, 0.6) is 0 Å². The van der Waals surface area contributed by atoms with Gasteiger partial charge in [0.2, 0.25) is 11.8 Å². The number of nitrogens with one attached hydrogen (secondary N) is 1. The molecule has 3 aliphatic rings. The Kier molecular flexibility index (Phi) is 9.24. The Bertz CT molecular complexity index is 1780. The number of thiophene rings is 1. The summed E-state index contributed by atoms with van der Waals surface area (Å²) >= 11 is 1.01. The van der Waals surface area contributed by atoms with Crippen molar-refractivity contribution < 1.29 is 37.5 Å². The van der Waals surface area contributed by atoms with E-state index in [0.717, 1.165) is 48.3 Å². The number of hydrogen-bond donors (Lipinski definition) is 3. The average Bonchev–Trinajstić information content (AvgIpc) is 3.79. The topological polar surface area (TPSA) is 151 Å². The van der Waals surface area contributed by atoms with Gasteiger partial charge in [-0.3, -0.25) is 18.9 Å². The highest BCUT2D eigenvalue weighted by Gasteiger charge is 2.50. The fourth-order valence-electron chi connectivity index (χ4n) is 7.19. The molecule has 3 amide bonds. The van der Waals surface area contributed by atoms with Gasteiger partial charge in [0.05, 0.1) is 16.9 Å². The first-order valence-corrected chi connectivity index (χ1v) is 18.2. The molecule has 3 saturated heterocycles. The van der Waals surface area contributed by atoms with E-state index in [1.54, 1.807) is 9.80 Å². The van der Waals surface area contributed by atoms with Crippen molar-refractivity contribution in [2.45, 2.75) is 74.7 Å². The average molecular weight is 685 g/mol. The molecule has 3 aliphatic heterocycles. The quantitative estimate of drug-likeness (QED) is 0.298. The van der Waals surface area contributed by atoms with Crippen molar-refractivity contribution in [1.29, 1.82) is 5.26 Å². The molecule has 0 radical (unpaired) electrons. The number of hydrogen-bond acceptors (Lipinski definition) is 6. The first kappa shape index (κ1) is 33.2. The summed E-state index contributed by atoms with van der Waals surface area (Å²) in [6.45, 7) is 0.671. The van der Waals surface area contributed by atoms with Crippen LogP contribution < -0.4 is 5.32 Å².